The molecule has 1 saturated carbocycles. The fourth-order valence-electron chi connectivity index (χ4n) is 2.73. The maximum absolute atomic E-state index is 5.52. The molecule has 2 rings (SSSR count). The van der Waals surface area contributed by atoms with E-state index in [4.69, 9.17) is 9.84 Å². The molecule has 1 aliphatic carbocycles. The van der Waals surface area contributed by atoms with Crippen molar-refractivity contribution in [2.24, 2.45) is 0 Å². The first-order valence-corrected chi connectivity index (χ1v) is 8.22. The van der Waals surface area contributed by atoms with Gasteiger partial charge >= 0.3 is 0 Å². The molecule has 0 atom stereocenters. The standard InChI is InChI=1S/C16H29N3O/c1-2-3-12-20-13-10-17-14-15-9-11-19(18-15)16-7-5-4-6-8-16/h9,11,16-17H,2-8,10,12-14H2,1H3. The number of unbranched alkanes of at least 4 members (excludes halogenated alkanes) is 1. The van der Waals surface area contributed by atoms with Crippen LogP contribution in [-0.4, -0.2) is 29.5 Å². The number of nitrogens with zero attached hydrogens (tertiary/aromatic N) is 2. The molecule has 0 radical (unpaired) electrons. The van der Waals surface area contributed by atoms with Crippen molar-refractivity contribution in [3.05, 3.63) is 18.0 Å². The highest BCUT2D eigenvalue weighted by atomic mass is 16.5. The van der Waals surface area contributed by atoms with Crippen molar-refractivity contribution in [1.82, 2.24) is 15.1 Å². The van der Waals surface area contributed by atoms with Gasteiger partial charge in [-0.1, -0.05) is 32.6 Å². The molecule has 1 heterocycles. The van der Waals surface area contributed by atoms with Crippen molar-refractivity contribution in [2.45, 2.75) is 64.5 Å². The molecule has 0 amide bonds. The van der Waals surface area contributed by atoms with Gasteiger partial charge in [-0.2, -0.15) is 5.10 Å². The van der Waals surface area contributed by atoms with E-state index in [-0.39, 0.29) is 0 Å². The van der Waals surface area contributed by atoms with Crippen molar-refractivity contribution in [1.29, 1.82) is 0 Å². The summed E-state index contributed by atoms with van der Waals surface area (Å²) in [5.41, 5.74) is 1.14. The van der Waals surface area contributed by atoms with Crippen LogP contribution in [0.15, 0.2) is 12.3 Å². The molecule has 0 saturated heterocycles. The van der Waals surface area contributed by atoms with Crippen LogP contribution in [0.3, 0.4) is 0 Å². The molecule has 0 aliphatic heterocycles. The summed E-state index contributed by atoms with van der Waals surface area (Å²) in [6.07, 6.45) is 11.2. The quantitative estimate of drug-likeness (QED) is 0.705. The van der Waals surface area contributed by atoms with Crippen molar-refractivity contribution in [2.75, 3.05) is 19.8 Å². The minimum atomic E-state index is 0.634. The Morgan fingerprint density at radius 3 is 2.95 bits per heavy atom. The highest BCUT2D eigenvalue weighted by Gasteiger charge is 2.15. The first kappa shape index (κ1) is 15.5. The van der Waals surface area contributed by atoms with Crippen LogP contribution in [-0.2, 0) is 11.3 Å². The van der Waals surface area contributed by atoms with Crippen molar-refractivity contribution < 1.29 is 4.74 Å². The van der Waals surface area contributed by atoms with E-state index in [0.717, 1.165) is 38.4 Å². The third-order valence-electron chi connectivity index (χ3n) is 3.98. The van der Waals surface area contributed by atoms with Crippen LogP contribution < -0.4 is 5.32 Å². The first-order valence-electron chi connectivity index (χ1n) is 8.22. The van der Waals surface area contributed by atoms with Crippen LogP contribution in [0.2, 0.25) is 0 Å². The summed E-state index contributed by atoms with van der Waals surface area (Å²) in [5, 5.41) is 8.09. The van der Waals surface area contributed by atoms with Gasteiger partial charge < -0.3 is 10.1 Å². The number of hydrogen-bond donors (Lipinski definition) is 1. The summed E-state index contributed by atoms with van der Waals surface area (Å²) >= 11 is 0. The summed E-state index contributed by atoms with van der Waals surface area (Å²) < 4.78 is 7.70. The Kier molecular flexibility index (Phi) is 7.09. The molecule has 1 aromatic heterocycles. The van der Waals surface area contributed by atoms with E-state index in [1.54, 1.807) is 0 Å². The fraction of sp³-hybridized carbons (Fsp3) is 0.812. The topological polar surface area (TPSA) is 39.1 Å². The molecule has 4 nitrogen and oxygen atoms in total. The Morgan fingerprint density at radius 2 is 2.15 bits per heavy atom. The lowest BCUT2D eigenvalue weighted by Gasteiger charge is -2.21. The largest absolute Gasteiger partial charge is 0.380 e. The average molecular weight is 279 g/mol. The molecule has 20 heavy (non-hydrogen) atoms. The lowest BCUT2D eigenvalue weighted by Crippen LogP contribution is -2.20. The molecule has 0 spiro atoms. The van der Waals surface area contributed by atoms with E-state index in [1.165, 1.54) is 38.5 Å². The maximum atomic E-state index is 5.52. The van der Waals surface area contributed by atoms with E-state index in [9.17, 15) is 0 Å². The summed E-state index contributed by atoms with van der Waals surface area (Å²) in [5.74, 6) is 0. The number of nitrogens with one attached hydrogen (secondary N) is 1. The van der Waals surface area contributed by atoms with E-state index < -0.39 is 0 Å². The first-order chi connectivity index (χ1) is 9.90. The van der Waals surface area contributed by atoms with E-state index in [0.29, 0.717) is 6.04 Å². The highest BCUT2D eigenvalue weighted by molar-refractivity contribution is 4.99. The summed E-state index contributed by atoms with van der Waals surface area (Å²) in [4.78, 5) is 0. The Labute approximate surface area is 122 Å². The summed E-state index contributed by atoms with van der Waals surface area (Å²) in [7, 11) is 0. The van der Waals surface area contributed by atoms with Gasteiger partial charge in [-0.25, -0.2) is 0 Å². The third-order valence-corrected chi connectivity index (χ3v) is 3.98. The van der Waals surface area contributed by atoms with Crippen molar-refractivity contribution in [3.8, 4) is 0 Å². The maximum Gasteiger partial charge on any atom is 0.0762 e. The van der Waals surface area contributed by atoms with E-state index in [1.807, 2.05) is 0 Å². The molecule has 0 bridgehead atoms. The monoisotopic (exact) mass is 279 g/mol. The normalized spacial score (nSPS) is 16.6. The molecule has 1 aromatic rings. The fourth-order valence-corrected chi connectivity index (χ4v) is 2.73. The van der Waals surface area contributed by atoms with Crippen molar-refractivity contribution in [3.63, 3.8) is 0 Å². The van der Waals surface area contributed by atoms with Crippen molar-refractivity contribution >= 4 is 0 Å². The van der Waals surface area contributed by atoms with Crippen LogP contribution in [0.4, 0.5) is 0 Å². The number of aromatic nitrogens is 2. The Hall–Kier alpha value is -0.870. The average Bonchev–Trinajstić information content (AvgIpc) is 2.96. The third kappa shape index (κ3) is 5.25. The predicted octanol–water partition coefficient (Wildman–Crippen LogP) is 3.29. The molecule has 114 valence electrons. The SMILES string of the molecule is CCCCOCCNCc1ccn(C2CCCCC2)n1. The molecular weight excluding hydrogens is 250 g/mol. The molecule has 0 aromatic carbocycles. The lowest BCUT2D eigenvalue weighted by atomic mass is 9.96. The number of rotatable bonds is 9. The Balaban J connectivity index is 1.60. The lowest BCUT2D eigenvalue weighted by molar-refractivity contribution is 0.133. The van der Waals surface area contributed by atoms with Gasteiger partial charge in [-0.3, -0.25) is 4.68 Å². The van der Waals surface area contributed by atoms with Crippen LogP contribution in [0.25, 0.3) is 0 Å². The van der Waals surface area contributed by atoms with Gasteiger partial charge in [0.15, 0.2) is 0 Å². The predicted molar refractivity (Wildman–Crippen MR) is 81.8 cm³/mol. The van der Waals surface area contributed by atoms with Crippen LogP contribution in [0.1, 0.15) is 63.6 Å². The van der Waals surface area contributed by atoms with Gasteiger partial charge in [0, 0.05) is 25.9 Å². The van der Waals surface area contributed by atoms with Gasteiger partial charge in [0.2, 0.25) is 0 Å². The van der Waals surface area contributed by atoms with Gasteiger partial charge in [-0.05, 0) is 25.3 Å². The second kappa shape index (κ2) is 9.14. The van der Waals surface area contributed by atoms with E-state index in [2.05, 4.69) is 29.2 Å². The van der Waals surface area contributed by atoms with Gasteiger partial charge in [0.1, 0.15) is 0 Å². The Morgan fingerprint density at radius 1 is 1.30 bits per heavy atom. The zero-order chi connectivity index (χ0) is 14.0. The van der Waals surface area contributed by atoms with Gasteiger partial charge in [-0.15, -0.1) is 0 Å². The van der Waals surface area contributed by atoms with Crippen LogP contribution >= 0.6 is 0 Å². The Bertz CT molecular complexity index is 358. The highest BCUT2D eigenvalue weighted by Crippen LogP contribution is 2.27. The number of hydrogen-bond acceptors (Lipinski definition) is 3. The van der Waals surface area contributed by atoms with Gasteiger partial charge in [0.25, 0.3) is 0 Å². The van der Waals surface area contributed by atoms with Gasteiger partial charge in [0.05, 0.1) is 18.3 Å². The minimum absolute atomic E-state index is 0.634. The molecular formula is C16H29N3O. The zero-order valence-corrected chi connectivity index (χ0v) is 12.8. The van der Waals surface area contributed by atoms with Crippen LogP contribution in [0, 0.1) is 0 Å². The second-order valence-corrected chi connectivity index (χ2v) is 5.72. The van der Waals surface area contributed by atoms with Crippen LogP contribution in [0.5, 0.6) is 0 Å². The molecule has 4 heteroatoms. The smallest absolute Gasteiger partial charge is 0.0762 e. The zero-order valence-electron chi connectivity index (χ0n) is 12.8. The molecule has 1 fully saturated rings. The molecule has 1 N–H and O–H groups in total. The second-order valence-electron chi connectivity index (χ2n) is 5.72. The molecule has 0 unspecified atom stereocenters. The van der Waals surface area contributed by atoms with E-state index >= 15 is 0 Å². The minimum Gasteiger partial charge on any atom is -0.380 e. The summed E-state index contributed by atoms with van der Waals surface area (Å²) in [6, 6.07) is 2.77. The summed E-state index contributed by atoms with van der Waals surface area (Å²) in [6.45, 7) is 5.61. The molecule has 1 aliphatic rings. The number of ether oxygens (including phenoxy) is 1.